The lowest BCUT2D eigenvalue weighted by Gasteiger charge is -2.20. The first-order valence-corrected chi connectivity index (χ1v) is 8.67. The number of nitrogens with one attached hydrogen (secondary N) is 2. The Balaban J connectivity index is 1.75. The van der Waals surface area contributed by atoms with Crippen LogP contribution < -0.4 is 15.6 Å². The summed E-state index contributed by atoms with van der Waals surface area (Å²) in [5.74, 6) is 0. The molecule has 1 fully saturated rings. The lowest BCUT2D eigenvalue weighted by Crippen LogP contribution is -2.37. The first kappa shape index (κ1) is 17.7. The highest BCUT2D eigenvalue weighted by Gasteiger charge is 2.14. The zero-order valence-electron chi connectivity index (χ0n) is 13.9. The van der Waals surface area contributed by atoms with Crippen LogP contribution in [0.2, 0.25) is 0 Å². The summed E-state index contributed by atoms with van der Waals surface area (Å²) in [5, 5.41) is 7.82. The molecule has 2 N–H and O–H groups in total. The molecule has 1 heterocycles. The first-order chi connectivity index (χ1) is 11.2. The van der Waals surface area contributed by atoms with Crippen molar-refractivity contribution < 1.29 is 4.74 Å². The van der Waals surface area contributed by atoms with Crippen molar-refractivity contribution in [2.75, 3.05) is 31.1 Å². The predicted molar refractivity (Wildman–Crippen MR) is 100 cm³/mol. The van der Waals surface area contributed by atoms with Gasteiger partial charge in [-0.1, -0.05) is 12.1 Å². The highest BCUT2D eigenvalue weighted by molar-refractivity contribution is 7.80. The third-order valence-corrected chi connectivity index (χ3v) is 4.15. The van der Waals surface area contributed by atoms with E-state index in [1.54, 1.807) is 6.21 Å². The van der Waals surface area contributed by atoms with Crippen molar-refractivity contribution in [3.8, 4) is 0 Å². The fourth-order valence-corrected chi connectivity index (χ4v) is 2.71. The number of benzene rings is 1. The maximum Gasteiger partial charge on any atom is 0.187 e. The van der Waals surface area contributed by atoms with Crippen molar-refractivity contribution in [3.63, 3.8) is 0 Å². The van der Waals surface area contributed by atoms with E-state index in [0.717, 1.165) is 44.6 Å². The highest BCUT2D eigenvalue weighted by atomic mass is 32.1. The Morgan fingerprint density at radius 1 is 1.35 bits per heavy atom. The number of hydrogen-bond donors (Lipinski definition) is 2. The van der Waals surface area contributed by atoms with Gasteiger partial charge in [0.1, 0.15) is 0 Å². The van der Waals surface area contributed by atoms with Gasteiger partial charge in [-0.25, -0.2) is 0 Å². The molecule has 0 aromatic heterocycles. The van der Waals surface area contributed by atoms with Crippen LogP contribution in [-0.4, -0.2) is 43.7 Å². The first-order valence-electron chi connectivity index (χ1n) is 8.26. The Morgan fingerprint density at radius 3 is 2.70 bits per heavy atom. The third-order valence-electron chi connectivity index (χ3n) is 3.92. The van der Waals surface area contributed by atoms with E-state index in [1.165, 1.54) is 5.69 Å². The molecule has 6 heteroatoms. The molecule has 1 aromatic carbocycles. The molecule has 1 aliphatic rings. The SMILES string of the molecule is CCN(CC)c1ccc(/C=N/NC(=S)NCC2CCCO2)cc1. The molecule has 0 amide bonds. The minimum Gasteiger partial charge on any atom is -0.376 e. The Kier molecular flexibility index (Phi) is 7.29. The Hall–Kier alpha value is -1.66. The van der Waals surface area contributed by atoms with E-state index in [1.807, 2.05) is 0 Å². The zero-order valence-corrected chi connectivity index (χ0v) is 14.7. The van der Waals surface area contributed by atoms with Crippen LogP contribution in [0.15, 0.2) is 29.4 Å². The number of ether oxygens (including phenoxy) is 1. The molecule has 1 saturated heterocycles. The number of anilines is 1. The summed E-state index contributed by atoms with van der Waals surface area (Å²) in [6.07, 6.45) is 4.27. The average Bonchev–Trinajstić information content (AvgIpc) is 3.09. The summed E-state index contributed by atoms with van der Waals surface area (Å²) in [7, 11) is 0. The van der Waals surface area contributed by atoms with E-state index in [0.29, 0.717) is 5.11 Å². The molecule has 0 radical (unpaired) electrons. The molecule has 0 saturated carbocycles. The van der Waals surface area contributed by atoms with Gasteiger partial charge >= 0.3 is 0 Å². The van der Waals surface area contributed by atoms with Crippen LogP contribution in [0.4, 0.5) is 5.69 Å². The van der Waals surface area contributed by atoms with Crippen molar-refractivity contribution >= 4 is 29.2 Å². The van der Waals surface area contributed by atoms with Crippen LogP contribution in [-0.2, 0) is 4.74 Å². The molecule has 1 aliphatic heterocycles. The van der Waals surface area contributed by atoms with Gasteiger partial charge in [-0.05, 0) is 56.6 Å². The highest BCUT2D eigenvalue weighted by Crippen LogP contribution is 2.14. The number of nitrogens with zero attached hydrogens (tertiary/aromatic N) is 2. The second-order valence-corrected chi connectivity index (χ2v) is 5.89. The van der Waals surface area contributed by atoms with E-state index in [-0.39, 0.29) is 6.10 Å². The van der Waals surface area contributed by atoms with Gasteiger partial charge in [0.15, 0.2) is 5.11 Å². The van der Waals surface area contributed by atoms with Gasteiger partial charge in [0.25, 0.3) is 0 Å². The fourth-order valence-electron chi connectivity index (χ4n) is 2.58. The molecule has 23 heavy (non-hydrogen) atoms. The van der Waals surface area contributed by atoms with E-state index in [4.69, 9.17) is 17.0 Å². The Bertz CT molecular complexity index is 508. The van der Waals surface area contributed by atoms with Crippen molar-refractivity contribution in [2.45, 2.75) is 32.8 Å². The molecule has 5 nitrogen and oxygen atoms in total. The third kappa shape index (κ3) is 5.80. The van der Waals surface area contributed by atoms with Gasteiger partial charge in [0.2, 0.25) is 0 Å². The van der Waals surface area contributed by atoms with Crippen LogP contribution in [0.1, 0.15) is 32.3 Å². The number of hydrogen-bond acceptors (Lipinski definition) is 4. The maximum absolute atomic E-state index is 5.53. The zero-order chi connectivity index (χ0) is 16.5. The lowest BCUT2D eigenvalue weighted by atomic mass is 10.2. The van der Waals surface area contributed by atoms with Crippen LogP contribution in [0, 0.1) is 0 Å². The van der Waals surface area contributed by atoms with Crippen molar-refractivity contribution in [1.82, 2.24) is 10.7 Å². The van der Waals surface area contributed by atoms with Crippen molar-refractivity contribution in [3.05, 3.63) is 29.8 Å². The smallest absolute Gasteiger partial charge is 0.187 e. The molecule has 2 rings (SSSR count). The standard InChI is InChI=1S/C17H26N4OS/c1-3-21(4-2)15-9-7-14(8-10-15)12-19-20-17(23)18-13-16-6-5-11-22-16/h7-10,12,16H,3-6,11,13H2,1-2H3,(H2,18,20,23)/b19-12+. The summed E-state index contributed by atoms with van der Waals surface area (Å²) < 4.78 is 5.53. The van der Waals surface area contributed by atoms with E-state index in [2.05, 4.69) is 58.9 Å². The summed E-state index contributed by atoms with van der Waals surface area (Å²) in [6, 6.07) is 8.34. The molecule has 126 valence electrons. The van der Waals surface area contributed by atoms with Crippen LogP contribution >= 0.6 is 12.2 Å². The van der Waals surface area contributed by atoms with E-state index >= 15 is 0 Å². The lowest BCUT2D eigenvalue weighted by molar-refractivity contribution is 0.114. The minimum absolute atomic E-state index is 0.270. The number of hydrazone groups is 1. The van der Waals surface area contributed by atoms with Gasteiger partial charge in [0.05, 0.1) is 12.3 Å². The second kappa shape index (κ2) is 9.47. The van der Waals surface area contributed by atoms with Crippen LogP contribution in [0.3, 0.4) is 0 Å². The molecule has 0 spiro atoms. The number of rotatable bonds is 7. The fraction of sp³-hybridized carbons (Fsp3) is 0.529. The summed E-state index contributed by atoms with van der Waals surface area (Å²) in [5.41, 5.74) is 5.11. The monoisotopic (exact) mass is 334 g/mol. The largest absolute Gasteiger partial charge is 0.376 e. The second-order valence-electron chi connectivity index (χ2n) is 5.48. The Labute approximate surface area is 144 Å². The van der Waals surface area contributed by atoms with Gasteiger partial charge in [-0.3, -0.25) is 5.43 Å². The molecular formula is C17H26N4OS. The van der Waals surface area contributed by atoms with Crippen LogP contribution in [0.5, 0.6) is 0 Å². The number of thiocarbonyl (C=S) groups is 1. The summed E-state index contributed by atoms with van der Waals surface area (Å²) >= 11 is 5.19. The van der Waals surface area contributed by atoms with Gasteiger partial charge < -0.3 is 15.0 Å². The predicted octanol–water partition coefficient (Wildman–Crippen LogP) is 2.51. The quantitative estimate of drug-likeness (QED) is 0.456. The van der Waals surface area contributed by atoms with E-state index in [9.17, 15) is 0 Å². The normalized spacial score (nSPS) is 17.4. The summed E-state index contributed by atoms with van der Waals surface area (Å²) in [6.45, 7) is 7.93. The topological polar surface area (TPSA) is 48.9 Å². The average molecular weight is 334 g/mol. The summed E-state index contributed by atoms with van der Waals surface area (Å²) in [4.78, 5) is 2.31. The molecule has 1 aromatic rings. The minimum atomic E-state index is 0.270. The molecular weight excluding hydrogens is 308 g/mol. The Morgan fingerprint density at radius 2 is 2.09 bits per heavy atom. The van der Waals surface area contributed by atoms with Gasteiger partial charge in [-0.2, -0.15) is 5.10 Å². The van der Waals surface area contributed by atoms with Crippen molar-refractivity contribution in [2.24, 2.45) is 5.10 Å². The molecule has 0 aliphatic carbocycles. The van der Waals surface area contributed by atoms with Gasteiger partial charge in [0, 0.05) is 31.9 Å². The maximum atomic E-state index is 5.53. The van der Waals surface area contributed by atoms with Gasteiger partial charge in [-0.15, -0.1) is 0 Å². The molecule has 0 bridgehead atoms. The van der Waals surface area contributed by atoms with Crippen LogP contribution in [0.25, 0.3) is 0 Å². The molecule has 1 unspecified atom stereocenters. The molecule has 1 atom stereocenters. The van der Waals surface area contributed by atoms with Crippen molar-refractivity contribution in [1.29, 1.82) is 0 Å². The van der Waals surface area contributed by atoms with E-state index < -0.39 is 0 Å².